The molecular formula is C10H12F3N5O. The first-order valence-electron chi connectivity index (χ1n) is 5.42. The maximum atomic E-state index is 12.2. The van der Waals surface area contributed by atoms with Crippen LogP contribution in [0.1, 0.15) is 0 Å². The molecule has 0 aliphatic heterocycles. The smallest absolute Gasteiger partial charge is 0.382 e. The largest absolute Gasteiger partial charge is 0.416 e. The van der Waals surface area contributed by atoms with Gasteiger partial charge < -0.3 is 20.1 Å². The number of imidazole rings is 1. The topological polar surface area (TPSA) is 74.5 Å². The van der Waals surface area contributed by atoms with Crippen LogP contribution in [0, 0.1) is 0 Å². The standard InChI is InChI=1S/C10H12F3N5O/c1-14-7-5-18-3-2-15-9(18)8(17-7)16-4-6(19)10(11,12)13/h2-3,5-6,14,19H,4H2,1H3,(H,16,17). The van der Waals surface area contributed by atoms with Crippen LogP contribution in [0.2, 0.25) is 0 Å². The molecule has 0 fully saturated rings. The number of fused-ring (bicyclic) bond motifs is 1. The minimum absolute atomic E-state index is 0.167. The fraction of sp³-hybridized carbons (Fsp3) is 0.400. The number of aromatic nitrogens is 3. The van der Waals surface area contributed by atoms with Gasteiger partial charge in [-0.2, -0.15) is 13.2 Å². The van der Waals surface area contributed by atoms with E-state index in [-0.39, 0.29) is 5.82 Å². The lowest BCUT2D eigenvalue weighted by atomic mass is 10.3. The molecule has 2 aromatic heterocycles. The number of aliphatic hydroxyl groups is 1. The lowest BCUT2D eigenvalue weighted by Gasteiger charge is -2.16. The highest BCUT2D eigenvalue weighted by Crippen LogP contribution is 2.21. The summed E-state index contributed by atoms with van der Waals surface area (Å²) in [7, 11) is 1.64. The monoisotopic (exact) mass is 275 g/mol. The number of aliphatic hydroxyl groups excluding tert-OH is 1. The summed E-state index contributed by atoms with van der Waals surface area (Å²) >= 11 is 0. The van der Waals surface area contributed by atoms with Crippen molar-refractivity contribution in [2.75, 3.05) is 24.2 Å². The number of nitrogens with one attached hydrogen (secondary N) is 2. The van der Waals surface area contributed by atoms with Crippen molar-refractivity contribution in [1.82, 2.24) is 14.4 Å². The van der Waals surface area contributed by atoms with E-state index in [0.29, 0.717) is 11.5 Å². The molecule has 0 aliphatic rings. The summed E-state index contributed by atoms with van der Waals surface area (Å²) in [6.45, 7) is -0.688. The van der Waals surface area contributed by atoms with E-state index in [4.69, 9.17) is 5.11 Å². The van der Waals surface area contributed by atoms with Crippen LogP contribution in [-0.4, -0.2) is 45.3 Å². The molecule has 0 bridgehead atoms. The number of alkyl halides is 3. The van der Waals surface area contributed by atoms with Crippen molar-refractivity contribution < 1.29 is 18.3 Å². The normalized spacial score (nSPS) is 13.5. The van der Waals surface area contributed by atoms with Crippen molar-refractivity contribution in [1.29, 1.82) is 0 Å². The Morgan fingerprint density at radius 2 is 2.21 bits per heavy atom. The number of hydrogen-bond donors (Lipinski definition) is 3. The van der Waals surface area contributed by atoms with Crippen molar-refractivity contribution in [3.63, 3.8) is 0 Å². The summed E-state index contributed by atoms with van der Waals surface area (Å²) in [6, 6.07) is 0. The first kappa shape index (κ1) is 13.4. The van der Waals surface area contributed by atoms with Crippen molar-refractivity contribution in [2.45, 2.75) is 12.3 Å². The molecule has 2 rings (SSSR count). The molecule has 0 saturated carbocycles. The van der Waals surface area contributed by atoms with Gasteiger partial charge in [-0.05, 0) is 0 Å². The molecule has 0 amide bonds. The maximum Gasteiger partial charge on any atom is 0.416 e. The average molecular weight is 275 g/mol. The van der Waals surface area contributed by atoms with Crippen LogP contribution in [0.5, 0.6) is 0 Å². The number of nitrogens with zero attached hydrogens (tertiary/aromatic N) is 3. The molecule has 6 nitrogen and oxygen atoms in total. The van der Waals surface area contributed by atoms with E-state index in [0.717, 1.165) is 0 Å². The molecule has 0 radical (unpaired) electrons. The summed E-state index contributed by atoms with van der Waals surface area (Å²) in [6.07, 6.45) is -2.33. The predicted octanol–water partition coefficient (Wildman–Crippen LogP) is 1.11. The molecule has 9 heteroatoms. The van der Waals surface area contributed by atoms with E-state index in [1.54, 1.807) is 23.8 Å². The highest BCUT2D eigenvalue weighted by atomic mass is 19.4. The second-order valence-electron chi connectivity index (χ2n) is 3.82. The van der Waals surface area contributed by atoms with Gasteiger partial charge in [-0.25, -0.2) is 9.97 Å². The number of hydrogen-bond acceptors (Lipinski definition) is 5. The molecule has 1 atom stereocenters. The van der Waals surface area contributed by atoms with Gasteiger partial charge in [-0.3, -0.25) is 0 Å². The minimum Gasteiger partial charge on any atom is -0.382 e. The second-order valence-corrected chi connectivity index (χ2v) is 3.82. The summed E-state index contributed by atoms with van der Waals surface area (Å²) in [5.41, 5.74) is 0.383. The van der Waals surface area contributed by atoms with Gasteiger partial charge >= 0.3 is 6.18 Å². The highest BCUT2D eigenvalue weighted by Gasteiger charge is 2.38. The van der Waals surface area contributed by atoms with Crippen LogP contribution >= 0.6 is 0 Å². The fourth-order valence-corrected chi connectivity index (χ4v) is 1.48. The van der Waals surface area contributed by atoms with Crippen LogP contribution in [0.15, 0.2) is 18.6 Å². The highest BCUT2D eigenvalue weighted by molar-refractivity contribution is 5.65. The summed E-state index contributed by atoms with van der Waals surface area (Å²) < 4.78 is 38.2. The fourth-order valence-electron chi connectivity index (χ4n) is 1.48. The van der Waals surface area contributed by atoms with Gasteiger partial charge in [0.15, 0.2) is 17.6 Å². The lowest BCUT2D eigenvalue weighted by Crippen LogP contribution is -2.35. The zero-order valence-electron chi connectivity index (χ0n) is 9.94. The Bertz CT molecular complexity index is 568. The summed E-state index contributed by atoms with van der Waals surface area (Å²) in [5.74, 6) is 0.634. The van der Waals surface area contributed by atoms with E-state index in [1.807, 2.05) is 0 Å². The van der Waals surface area contributed by atoms with Gasteiger partial charge in [0.05, 0.1) is 12.7 Å². The number of rotatable bonds is 4. The van der Waals surface area contributed by atoms with Gasteiger partial charge in [0.2, 0.25) is 0 Å². The minimum atomic E-state index is -4.67. The van der Waals surface area contributed by atoms with E-state index >= 15 is 0 Å². The van der Waals surface area contributed by atoms with Crippen molar-refractivity contribution in [3.05, 3.63) is 18.6 Å². The molecule has 2 heterocycles. The molecule has 0 saturated heterocycles. The molecule has 2 aromatic rings. The van der Waals surface area contributed by atoms with Crippen molar-refractivity contribution in [3.8, 4) is 0 Å². The van der Waals surface area contributed by atoms with Crippen LogP contribution in [-0.2, 0) is 0 Å². The molecule has 0 aliphatic carbocycles. The van der Waals surface area contributed by atoms with Gasteiger partial charge in [0.25, 0.3) is 0 Å². The van der Waals surface area contributed by atoms with E-state index < -0.39 is 18.8 Å². The Morgan fingerprint density at radius 1 is 1.47 bits per heavy atom. The first-order valence-corrected chi connectivity index (χ1v) is 5.42. The number of anilines is 2. The zero-order valence-corrected chi connectivity index (χ0v) is 9.94. The van der Waals surface area contributed by atoms with Gasteiger partial charge in [-0.1, -0.05) is 0 Å². The first-order chi connectivity index (χ1) is 8.91. The summed E-state index contributed by atoms with van der Waals surface area (Å²) in [4.78, 5) is 8.04. The van der Waals surface area contributed by atoms with E-state index in [9.17, 15) is 13.2 Å². The Morgan fingerprint density at radius 3 is 2.84 bits per heavy atom. The maximum absolute atomic E-state index is 12.2. The van der Waals surface area contributed by atoms with Gasteiger partial charge in [-0.15, -0.1) is 0 Å². The Balaban J connectivity index is 2.22. The Labute approximate surface area is 106 Å². The van der Waals surface area contributed by atoms with Crippen LogP contribution < -0.4 is 10.6 Å². The van der Waals surface area contributed by atoms with Gasteiger partial charge in [0, 0.05) is 19.4 Å². The zero-order chi connectivity index (χ0) is 14.0. The van der Waals surface area contributed by atoms with E-state index in [2.05, 4.69) is 20.6 Å². The Hall–Kier alpha value is -2.03. The van der Waals surface area contributed by atoms with Crippen LogP contribution in [0.25, 0.3) is 5.65 Å². The summed E-state index contributed by atoms with van der Waals surface area (Å²) in [5, 5.41) is 14.2. The SMILES string of the molecule is CNc1cn2ccnc2c(NCC(O)C(F)(F)F)n1. The van der Waals surface area contributed by atoms with Gasteiger partial charge in [0.1, 0.15) is 5.82 Å². The third-order valence-corrected chi connectivity index (χ3v) is 2.47. The second kappa shape index (κ2) is 4.92. The molecule has 1 unspecified atom stereocenters. The quantitative estimate of drug-likeness (QED) is 0.779. The predicted molar refractivity (Wildman–Crippen MR) is 63.1 cm³/mol. The van der Waals surface area contributed by atoms with Crippen molar-refractivity contribution in [2.24, 2.45) is 0 Å². The molecule has 0 aromatic carbocycles. The van der Waals surface area contributed by atoms with Crippen LogP contribution in [0.4, 0.5) is 24.8 Å². The van der Waals surface area contributed by atoms with Crippen LogP contribution in [0.3, 0.4) is 0 Å². The third-order valence-electron chi connectivity index (χ3n) is 2.47. The third kappa shape index (κ3) is 2.87. The molecule has 104 valence electrons. The Kier molecular flexibility index (Phi) is 3.47. The molecule has 19 heavy (non-hydrogen) atoms. The molecule has 3 N–H and O–H groups in total. The van der Waals surface area contributed by atoms with E-state index in [1.165, 1.54) is 6.20 Å². The molecular weight excluding hydrogens is 263 g/mol. The lowest BCUT2D eigenvalue weighted by molar-refractivity contribution is -0.198. The average Bonchev–Trinajstić information content (AvgIpc) is 2.82. The van der Waals surface area contributed by atoms with Crippen molar-refractivity contribution >= 4 is 17.3 Å². The molecule has 0 spiro atoms. The number of halogens is 3.